The van der Waals surface area contributed by atoms with Crippen LogP contribution in [-0.2, 0) is 0 Å². The number of nitrogens with zero attached hydrogens (tertiary/aromatic N) is 4. The lowest BCUT2D eigenvalue weighted by atomic mass is 9.98. The zero-order chi connectivity index (χ0) is 21.6. The first-order valence-corrected chi connectivity index (χ1v) is 10.6. The minimum Gasteiger partial charge on any atom is -0.261 e. The lowest BCUT2D eigenvalue weighted by Crippen LogP contribution is -2.18. The number of benzene rings is 3. The van der Waals surface area contributed by atoms with Gasteiger partial charge in [-0.3, -0.25) is 10.4 Å². The van der Waals surface area contributed by atoms with Crippen LogP contribution in [0, 0.1) is 0 Å². The van der Waals surface area contributed by atoms with Gasteiger partial charge in [0.15, 0.2) is 0 Å². The quantitative estimate of drug-likeness (QED) is 0.315. The summed E-state index contributed by atoms with van der Waals surface area (Å²) in [5.74, 6) is 0.714. The SMILES string of the molecule is C(=N\Nc1ccccn1)/c1ccc(N2N=C(c3ccccc3)CC2c2ccccc2)cc1. The molecule has 1 N–H and O–H groups in total. The smallest absolute Gasteiger partial charge is 0.146 e. The molecule has 0 spiro atoms. The molecule has 2 heterocycles. The molecule has 156 valence electrons. The Morgan fingerprint density at radius 2 is 1.53 bits per heavy atom. The van der Waals surface area contributed by atoms with E-state index >= 15 is 0 Å². The van der Waals surface area contributed by atoms with E-state index in [0.717, 1.165) is 23.4 Å². The fraction of sp³-hybridized carbons (Fsp3) is 0.0741. The molecule has 0 aliphatic carbocycles. The highest BCUT2D eigenvalue weighted by atomic mass is 15.5. The topological polar surface area (TPSA) is 52.9 Å². The average Bonchev–Trinajstić information content (AvgIpc) is 3.32. The first-order chi connectivity index (χ1) is 15.9. The molecular formula is C27H23N5. The summed E-state index contributed by atoms with van der Waals surface area (Å²) in [6.07, 6.45) is 4.39. The summed E-state index contributed by atoms with van der Waals surface area (Å²) in [4.78, 5) is 4.20. The number of anilines is 2. The predicted molar refractivity (Wildman–Crippen MR) is 131 cm³/mol. The molecule has 0 saturated carbocycles. The highest BCUT2D eigenvalue weighted by Gasteiger charge is 2.29. The largest absolute Gasteiger partial charge is 0.261 e. The Balaban J connectivity index is 1.38. The van der Waals surface area contributed by atoms with Crippen LogP contribution in [0.5, 0.6) is 0 Å². The van der Waals surface area contributed by atoms with Crippen LogP contribution >= 0.6 is 0 Å². The summed E-state index contributed by atoms with van der Waals surface area (Å²) in [5.41, 5.74) is 8.52. The van der Waals surface area contributed by atoms with Crippen LogP contribution in [0.15, 0.2) is 120 Å². The monoisotopic (exact) mass is 417 g/mol. The van der Waals surface area contributed by atoms with Gasteiger partial charge in [-0.15, -0.1) is 0 Å². The summed E-state index contributed by atoms with van der Waals surface area (Å²) >= 11 is 0. The maximum Gasteiger partial charge on any atom is 0.146 e. The second-order valence-electron chi connectivity index (χ2n) is 7.56. The third-order valence-electron chi connectivity index (χ3n) is 5.42. The second kappa shape index (κ2) is 9.27. The van der Waals surface area contributed by atoms with Crippen LogP contribution in [0.25, 0.3) is 0 Å². The average molecular weight is 418 g/mol. The van der Waals surface area contributed by atoms with E-state index in [1.54, 1.807) is 12.4 Å². The molecule has 1 aliphatic heterocycles. The molecular weight excluding hydrogens is 394 g/mol. The van der Waals surface area contributed by atoms with E-state index < -0.39 is 0 Å². The lowest BCUT2D eigenvalue weighted by molar-refractivity contribution is 0.709. The molecule has 1 aliphatic rings. The molecule has 0 saturated heterocycles. The summed E-state index contributed by atoms with van der Waals surface area (Å²) in [5, 5.41) is 11.4. The van der Waals surface area contributed by atoms with Gasteiger partial charge in [0.2, 0.25) is 0 Å². The number of aromatic nitrogens is 1. The number of hydrazone groups is 2. The summed E-state index contributed by atoms with van der Waals surface area (Å²) in [7, 11) is 0. The van der Waals surface area contributed by atoms with E-state index in [1.807, 2.05) is 24.3 Å². The molecule has 0 amide bonds. The predicted octanol–water partition coefficient (Wildman–Crippen LogP) is 5.88. The molecule has 32 heavy (non-hydrogen) atoms. The van der Waals surface area contributed by atoms with Gasteiger partial charge in [0.1, 0.15) is 5.82 Å². The maximum atomic E-state index is 5.01. The Bertz CT molecular complexity index is 1200. The molecule has 4 aromatic rings. The molecule has 1 unspecified atom stereocenters. The minimum atomic E-state index is 0.164. The summed E-state index contributed by atoms with van der Waals surface area (Å²) in [6, 6.07) is 35.1. The van der Waals surface area contributed by atoms with Crippen molar-refractivity contribution >= 4 is 23.4 Å². The fourth-order valence-corrected chi connectivity index (χ4v) is 3.80. The Morgan fingerprint density at radius 3 is 2.25 bits per heavy atom. The summed E-state index contributed by atoms with van der Waals surface area (Å²) in [6.45, 7) is 0. The van der Waals surface area contributed by atoms with Crippen molar-refractivity contribution in [1.82, 2.24) is 4.98 Å². The van der Waals surface area contributed by atoms with Crippen molar-refractivity contribution in [2.45, 2.75) is 12.5 Å². The van der Waals surface area contributed by atoms with E-state index in [-0.39, 0.29) is 6.04 Å². The number of rotatable bonds is 6. The van der Waals surface area contributed by atoms with Crippen molar-refractivity contribution in [2.24, 2.45) is 10.2 Å². The number of hydrogen-bond donors (Lipinski definition) is 1. The molecule has 1 aromatic heterocycles. The first-order valence-electron chi connectivity index (χ1n) is 10.6. The molecule has 5 heteroatoms. The van der Waals surface area contributed by atoms with Gasteiger partial charge in [0.25, 0.3) is 0 Å². The number of pyridine rings is 1. The fourth-order valence-electron chi connectivity index (χ4n) is 3.80. The van der Waals surface area contributed by atoms with Gasteiger partial charge in [-0.25, -0.2) is 4.98 Å². The Morgan fingerprint density at radius 1 is 0.812 bits per heavy atom. The van der Waals surface area contributed by atoms with Crippen LogP contribution in [0.2, 0.25) is 0 Å². The lowest BCUT2D eigenvalue weighted by Gasteiger charge is -2.24. The van der Waals surface area contributed by atoms with Gasteiger partial charge in [0, 0.05) is 12.6 Å². The van der Waals surface area contributed by atoms with Gasteiger partial charge < -0.3 is 0 Å². The number of hydrogen-bond acceptors (Lipinski definition) is 5. The number of nitrogens with one attached hydrogen (secondary N) is 1. The molecule has 3 aromatic carbocycles. The van der Waals surface area contributed by atoms with Gasteiger partial charge in [-0.2, -0.15) is 10.2 Å². The molecule has 0 radical (unpaired) electrons. The maximum absolute atomic E-state index is 5.01. The van der Waals surface area contributed by atoms with Crippen molar-refractivity contribution in [3.63, 3.8) is 0 Å². The molecule has 5 nitrogen and oxygen atoms in total. The third-order valence-corrected chi connectivity index (χ3v) is 5.42. The summed E-state index contributed by atoms with van der Waals surface area (Å²) < 4.78 is 0. The van der Waals surface area contributed by atoms with Crippen LogP contribution in [0.1, 0.15) is 29.2 Å². The molecule has 0 bridgehead atoms. The van der Waals surface area contributed by atoms with Gasteiger partial charge in [0.05, 0.1) is 23.7 Å². The highest BCUT2D eigenvalue weighted by Crippen LogP contribution is 2.36. The molecule has 5 rings (SSSR count). The van der Waals surface area contributed by atoms with E-state index in [0.29, 0.717) is 5.82 Å². The van der Waals surface area contributed by atoms with Crippen LogP contribution in [-0.4, -0.2) is 16.9 Å². The Hall–Kier alpha value is -4.25. The standard InChI is InChI=1S/C27H23N5/c1-3-9-22(10-4-1)25-19-26(23-11-5-2-6-12-23)32(31-25)24-16-14-21(15-17-24)20-29-30-27-13-7-8-18-28-27/h1-18,20,26H,19H2,(H,28,30)/b29-20+. The van der Waals surface area contributed by atoms with Gasteiger partial charge >= 0.3 is 0 Å². The van der Waals surface area contributed by atoms with E-state index in [9.17, 15) is 0 Å². The van der Waals surface area contributed by atoms with Crippen molar-refractivity contribution in [3.05, 3.63) is 126 Å². The van der Waals surface area contributed by atoms with E-state index in [4.69, 9.17) is 5.10 Å². The minimum absolute atomic E-state index is 0.164. The first kappa shape index (κ1) is 19.7. The van der Waals surface area contributed by atoms with E-state index in [2.05, 4.69) is 99.4 Å². The second-order valence-corrected chi connectivity index (χ2v) is 7.56. The van der Waals surface area contributed by atoms with Crippen molar-refractivity contribution in [2.75, 3.05) is 10.4 Å². The van der Waals surface area contributed by atoms with Crippen LogP contribution < -0.4 is 10.4 Å². The normalized spacial score (nSPS) is 15.7. The van der Waals surface area contributed by atoms with Gasteiger partial charge in [-0.05, 0) is 41.0 Å². The van der Waals surface area contributed by atoms with E-state index in [1.165, 1.54) is 11.1 Å². The van der Waals surface area contributed by atoms with Crippen molar-refractivity contribution in [3.8, 4) is 0 Å². The van der Waals surface area contributed by atoms with Crippen molar-refractivity contribution < 1.29 is 0 Å². The highest BCUT2D eigenvalue weighted by molar-refractivity contribution is 6.03. The third kappa shape index (κ3) is 4.42. The van der Waals surface area contributed by atoms with Crippen LogP contribution in [0.4, 0.5) is 11.5 Å². The molecule has 0 fully saturated rings. The molecule has 1 atom stereocenters. The zero-order valence-electron chi connectivity index (χ0n) is 17.5. The van der Waals surface area contributed by atoms with Crippen molar-refractivity contribution in [1.29, 1.82) is 0 Å². The zero-order valence-corrected chi connectivity index (χ0v) is 17.5. The van der Waals surface area contributed by atoms with Crippen LogP contribution in [0.3, 0.4) is 0 Å². The van der Waals surface area contributed by atoms with Gasteiger partial charge in [-0.1, -0.05) is 78.9 Å². The Labute approximate surface area is 187 Å². The Kier molecular flexibility index (Phi) is 5.70.